The van der Waals surface area contributed by atoms with Crippen LogP contribution in [0, 0.1) is 17.7 Å². The summed E-state index contributed by atoms with van der Waals surface area (Å²) < 4.78 is 14.3. The van der Waals surface area contributed by atoms with Gasteiger partial charge in [0.25, 0.3) is 0 Å². The number of hydrogen-bond donors (Lipinski definition) is 1. The molecule has 1 aliphatic carbocycles. The lowest BCUT2D eigenvalue weighted by atomic mass is 9.89. The predicted molar refractivity (Wildman–Crippen MR) is 77.2 cm³/mol. The molecule has 0 radical (unpaired) electrons. The summed E-state index contributed by atoms with van der Waals surface area (Å²) in [6, 6.07) is 5.69. The second-order valence-corrected chi connectivity index (χ2v) is 6.48. The second-order valence-electron chi connectivity index (χ2n) is 5.63. The highest BCUT2D eigenvalue weighted by atomic mass is 79.9. The standard InChI is InChI=1S/C15H21BrFN/c1-10(2)12(9-18-14-4-5-14)7-11-8-13(17)3-6-15(11)16/h3,6,8,10,12,14,18H,4-5,7,9H2,1-2H3. The van der Waals surface area contributed by atoms with E-state index in [2.05, 4.69) is 35.1 Å². The first-order valence-electron chi connectivity index (χ1n) is 6.73. The van der Waals surface area contributed by atoms with Gasteiger partial charge in [-0.05, 0) is 61.4 Å². The van der Waals surface area contributed by atoms with Crippen LogP contribution in [-0.4, -0.2) is 12.6 Å². The number of rotatable bonds is 6. The van der Waals surface area contributed by atoms with E-state index in [1.807, 2.05) is 0 Å². The molecule has 1 unspecified atom stereocenters. The van der Waals surface area contributed by atoms with Crippen molar-refractivity contribution in [3.63, 3.8) is 0 Å². The van der Waals surface area contributed by atoms with Crippen molar-refractivity contribution in [3.8, 4) is 0 Å². The van der Waals surface area contributed by atoms with E-state index in [1.165, 1.54) is 18.9 Å². The largest absolute Gasteiger partial charge is 0.314 e. The van der Waals surface area contributed by atoms with Crippen LogP contribution in [0.2, 0.25) is 0 Å². The number of benzene rings is 1. The second kappa shape index (κ2) is 6.16. The molecule has 3 heteroatoms. The third kappa shape index (κ3) is 4.06. The fraction of sp³-hybridized carbons (Fsp3) is 0.600. The molecule has 1 fully saturated rings. The summed E-state index contributed by atoms with van der Waals surface area (Å²) >= 11 is 3.51. The van der Waals surface area contributed by atoms with Crippen LogP contribution in [0.5, 0.6) is 0 Å². The fourth-order valence-electron chi connectivity index (χ4n) is 2.13. The number of halogens is 2. The minimum atomic E-state index is -0.147. The summed E-state index contributed by atoms with van der Waals surface area (Å²) in [5.74, 6) is 1.01. The molecule has 1 nitrogen and oxygen atoms in total. The molecule has 100 valence electrons. The van der Waals surface area contributed by atoms with Gasteiger partial charge in [-0.3, -0.25) is 0 Å². The van der Waals surface area contributed by atoms with Crippen LogP contribution in [0.4, 0.5) is 4.39 Å². The van der Waals surface area contributed by atoms with Gasteiger partial charge in [-0.25, -0.2) is 4.39 Å². The van der Waals surface area contributed by atoms with Crippen molar-refractivity contribution in [1.82, 2.24) is 5.32 Å². The first-order valence-corrected chi connectivity index (χ1v) is 7.53. The highest BCUT2D eigenvalue weighted by molar-refractivity contribution is 9.10. The van der Waals surface area contributed by atoms with E-state index in [9.17, 15) is 4.39 Å². The van der Waals surface area contributed by atoms with E-state index in [0.717, 1.165) is 29.0 Å². The monoisotopic (exact) mass is 313 g/mol. The minimum Gasteiger partial charge on any atom is -0.314 e. The Bertz CT molecular complexity index is 401. The van der Waals surface area contributed by atoms with Crippen LogP contribution in [0.15, 0.2) is 22.7 Å². The summed E-state index contributed by atoms with van der Waals surface area (Å²) in [4.78, 5) is 0. The quantitative estimate of drug-likeness (QED) is 0.831. The van der Waals surface area contributed by atoms with Gasteiger partial charge in [0, 0.05) is 10.5 Å². The van der Waals surface area contributed by atoms with E-state index in [1.54, 1.807) is 12.1 Å². The van der Waals surface area contributed by atoms with Crippen molar-refractivity contribution in [3.05, 3.63) is 34.1 Å². The first-order chi connectivity index (χ1) is 8.56. The van der Waals surface area contributed by atoms with Gasteiger partial charge in [-0.15, -0.1) is 0 Å². The van der Waals surface area contributed by atoms with Crippen molar-refractivity contribution >= 4 is 15.9 Å². The predicted octanol–water partition coefficient (Wildman–Crippen LogP) is 4.15. The van der Waals surface area contributed by atoms with Crippen LogP contribution < -0.4 is 5.32 Å². The van der Waals surface area contributed by atoms with Gasteiger partial charge in [0.2, 0.25) is 0 Å². The van der Waals surface area contributed by atoms with Crippen LogP contribution in [0.3, 0.4) is 0 Å². The molecule has 1 aliphatic rings. The highest BCUT2D eigenvalue weighted by Gasteiger charge is 2.23. The van der Waals surface area contributed by atoms with E-state index < -0.39 is 0 Å². The third-order valence-electron chi connectivity index (χ3n) is 3.68. The lowest BCUT2D eigenvalue weighted by Crippen LogP contribution is -2.29. The molecule has 0 aliphatic heterocycles. The molecular formula is C15H21BrFN. The number of nitrogens with one attached hydrogen (secondary N) is 1. The van der Waals surface area contributed by atoms with Crippen LogP contribution in [0.25, 0.3) is 0 Å². The summed E-state index contributed by atoms with van der Waals surface area (Å²) in [5.41, 5.74) is 1.08. The van der Waals surface area contributed by atoms with Crippen molar-refractivity contribution in [2.75, 3.05) is 6.54 Å². The average Bonchev–Trinajstić information content (AvgIpc) is 3.12. The van der Waals surface area contributed by atoms with Crippen LogP contribution in [-0.2, 0) is 6.42 Å². The average molecular weight is 314 g/mol. The Morgan fingerprint density at radius 3 is 2.72 bits per heavy atom. The summed E-state index contributed by atoms with van der Waals surface area (Å²) in [6.45, 7) is 5.52. The van der Waals surface area contributed by atoms with E-state index in [0.29, 0.717) is 11.8 Å². The lowest BCUT2D eigenvalue weighted by Gasteiger charge is -2.22. The maximum absolute atomic E-state index is 13.3. The van der Waals surface area contributed by atoms with Crippen molar-refractivity contribution in [2.24, 2.45) is 11.8 Å². The van der Waals surface area contributed by atoms with Crippen molar-refractivity contribution in [2.45, 2.75) is 39.2 Å². The summed E-state index contributed by atoms with van der Waals surface area (Å²) in [6.07, 6.45) is 3.55. The van der Waals surface area contributed by atoms with Gasteiger partial charge in [0.05, 0.1) is 0 Å². The van der Waals surface area contributed by atoms with Crippen molar-refractivity contribution < 1.29 is 4.39 Å². The van der Waals surface area contributed by atoms with Crippen molar-refractivity contribution in [1.29, 1.82) is 0 Å². The Labute approximate surface area is 117 Å². The van der Waals surface area contributed by atoms with Crippen LogP contribution >= 0.6 is 15.9 Å². The zero-order valence-corrected chi connectivity index (χ0v) is 12.6. The molecule has 1 N–H and O–H groups in total. The number of hydrogen-bond acceptors (Lipinski definition) is 1. The van der Waals surface area contributed by atoms with Gasteiger partial charge < -0.3 is 5.32 Å². The van der Waals surface area contributed by atoms with Crippen LogP contribution in [0.1, 0.15) is 32.3 Å². The Hall–Kier alpha value is -0.410. The molecule has 0 amide bonds. The molecule has 2 rings (SSSR count). The Morgan fingerprint density at radius 2 is 2.11 bits per heavy atom. The van der Waals surface area contributed by atoms with Gasteiger partial charge in [0.15, 0.2) is 0 Å². The topological polar surface area (TPSA) is 12.0 Å². The molecule has 0 saturated heterocycles. The summed E-state index contributed by atoms with van der Waals surface area (Å²) in [5, 5.41) is 3.58. The maximum Gasteiger partial charge on any atom is 0.123 e. The van der Waals surface area contributed by atoms with Gasteiger partial charge in [-0.1, -0.05) is 29.8 Å². The van der Waals surface area contributed by atoms with Gasteiger partial charge >= 0.3 is 0 Å². The molecular weight excluding hydrogens is 293 g/mol. The third-order valence-corrected chi connectivity index (χ3v) is 4.45. The molecule has 0 aromatic heterocycles. The Balaban J connectivity index is 1.99. The molecule has 1 aromatic rings. The molecule has 18 heavy (non-hydrogen) atoms. The van der Waals surface area contributed by atoms with E-state index >= 15 is 0 Å². The van der Waals surface area contributed by atoms with E-state index in [4.69, 9.17) is 0 Å². The SMILES string of the molecule is CC(C)C(CNC1CC1)Cc1cc(F)ccc1Br. The van der Waals surface area contributed by atoms with Gasteiger partial charge in [0.1, 0.15) is 5.82 Å². The fourth-order valence-corrected chi connectivity index (χ4v) is 2.54. The molecule has 0 bridgehead atoms. The molecule has 1 atom stereocenters. The lowest BCUT2D eigenvalue weighted by molar-refractivity contribution is 0.358. The highest BCUT2D eigenvalue weighted by Crippen LogP contribution is 2.25. The van der Waals surface area contributed by atoms with E-state index in [-0.39, 0.29) is 5.82 Å². The molecule has 0 spiro atoms. The normalized spacial score (nSPS) is 17.2. The zero-order valence-electron chi connectivity index (χ0n) is 11.0. The van der Waals surface area contributed by atoms with Gasteiger partial charge in [-0.2, -0.15) is 0 Å². The molecule has 0 heterocycles. The smallest absolute Gasteiger partial charge is 0.123 e. The summed E-state index contributed by atoms with van der Waals surface area (Å²) in [7, 11) is 0. The zero-order chi connectivity index (χ0) is 13.1. The molecule has 1 saturated carbocycles. The Kier molecular flexibility index (Phi) is 4.79. The Morgan fingerprint density at radius 1 is 1.39 bits per heavy atom. The maximum atomic E-state index is 13.3. The minimum absolute atomic E-state index is 0.147. The molecule has 1 aromatic carbocycles. The first kappa shape index (κ1) is 14.0.